The highest BCUT2D eigenvalue weighted by Gasteiger charge is 2.15. The van der Waals surface area contributed by atoms with Gasteiger partial charge in [-0.2, -0.15) is 0 Å². The molecule has 6 heteroatoms. The molecule has 0 fully saturated rings. The molecule has 0 spiro atoms. The molecule has 1 aromatic heterocycles. The van der Waals surface area contributed by atoms with Gasteiger partial charge in [0.05, 0.1) is 5.69 Å². The maximum atomic E-state index is 6.21. The summed E-state index contributed by atoms with van der Waals surface area (Å²) in [4.78, 5) is 8.65. The fourth-order valence-electron chi connectivity index (χ4n) is 2.11. The molecule has 0 aliphatic heterocycles. The third kappa shape index (κ3) is 3.47. The lowest BCUT2D eigenvalue weighted by molar-refractivity contribution is 0.852. The fraction of sp³-hybridized carbons (Fsp3) is 0.333. The summed E-state index contributed by atoms with van der Waals surface area (Å²) in [5.74, 6) is 1.90. The molecule has 0 aliphatic rings. The number of nitrogens with one attached hydrogen (secondary N) is 2. The first-order valence-electron chi connectivity index (χ1n) is 6.69. The van der Waals surface area contributed by atoms with E-state index in [0.717, 1.165) is 37.9 Å². The fourth-order valence-corrected chi connectivity index (χ4v) is 2.83. The molecule has 1 aromatic carbocycles. The molecule has 0 aliphatic carbocycles. The van der Waals surface area contributed by atoms with E-state index in [2.05, 4.69) is 50.4 Å². The van der Waals surface area contributed by atoms with Crippen LogP contribution in [-0.2, 0) is 0 Å². The van der Waals surface area contributed by atoms with E-state index >= 15 is 0 Å². The molecule has 2 N–H and O–H groups in total. The van der Waals surface area contributed by atoms with Crippen LogP contribution in [0.1, 0.15) is 30.9 Å². The van der Waals surface area contributed by atoms with Crippen LogP contribution in [-0.4, -0.2) is 17.0 Å². The van der Waals surface area contributed by atoms with Gasteiger partial charge in [0.15, 0.2) is 0 Å². The lowest BCUT2D eigenvalue weighted by atomic mass is 10.0. The minimum absolute atomic E-state index is 0.288. The first-order chi connectivity index (χ1) is 9.93. The number of benzene rings is 1. The van der Waals surface area contributed by atoms with E-state index in [-0.39, 0.29) is 5.92 Å². The smallest absolute Gasteiger partial charge is 0.139 e. The first kappa shape index (κ1) is 16.0. The highest BCUT2D eigenvalue weighted by Crippen LogP contribution is 2.34. The SMILES string of the molecule is CNc1ncnc(Nc2cc(Cl)c(C)cc2Br)c1C(C)C. The summed E-state index contributed by atoms with van der Waals surface area (Å²) >= 11 is 9.76. The van der Waals surface area contributed by atoms with Crippen molar-refractivity contribution in [3.8, 4) is 0 Å². The third-order valence-corrected chi connectivity index (χ3v) is 4.26. The summed E-state index contributed by atoms with van der Waals surface area (Å²) in [6.45, 7) is 6.20. The van der Waals surface area contributed by atoms with Crippen molar-refractivity contribution < 1.29 is 0 Å². The Morgan fingerprint density at radius 1 is 1.19 bits per heavy atom. The van der Waals surface area contributed by atoms with Crippen molar-refractivity contribution in [2.45, 2.75) is 26.7 Å². The summed E-state index contributed by atoms with van der Waals surface area (Å²) in [5, 5.41) is 7.17. The lowest BCUT2D eigenvalue weighted by Gasteiger charge is -2.17. The predicted molar refractivity (Wildman–Crippen MR) is 92.8 cm³/mol. The average Bonchev–Trinajstić information content (AvgIpc) is 2.44. The van der Waals surface area contributed by atoms with Gasteiger partial charge >= 0.3 is 0 Å². The van der Waals surface area contributed by atoms with Crippen molar-refractivity contribution in [2.75, 3.05) is 17.7 Å². The maximum Gasteiger partial charge on any atom is 0.139 e. The molecule has 0 bridgehead atoms. The summed E-state index contributed by atoms with van der Waals surface area (Å²) in [6.07, 6.45) is 1.55. The van der Waals surface area contributed by atoms with Crippen LogP contribution >= 0.6 is 27.5 Å². The Labute approximate surface area is 138 Å². The number of nitrogens with zero attached hydrogens (tertiary/aromatic N) is 2. The van der Waals surface area contributed by atoms with Crippen LogP contribution in [0, 0.1) is 6.92 Å². The minimum atomic E-state index is 0.288. The van der Waals surface area contributed by atoms with Gasteiger partial charge < -0.3 is 10.6 Å². The van der Waals surface area contributed by atoms with Crippen molar-refractivity contribution >= 4 is 44.9 Å². The zero-order valence-electron chi connectivity index (χ0n) is 12.5. The van der Waals surface area contributed by atoms with E-state index in [1.54, 1.807) is 6.33 Å². The second kappa shape index (κ2) is 6.62. The molecule has 2 aromatic rings. The Balaban J connectivity index is 2.47. The Bertz CT molecular complexity index is 658. The molecule has 2 rings (SSSR count). The number of hydrogen-bond donors (Lipinski definition) is 2. The molecule has 0 saturated heterocycles. The van der Waals surface area contributed by atoms with Crippen LogP contribution in [0.3, 0.4) is 0 Å². The molecule has 21 heavy (non-hydrogen) atoms. The second-order valence-electron chi connectivity index (χ2n) is 5.10. The molecule has 4 nitrogen and oxygen atoms in total. The summed E-state index contributed by atoms with van der Waals surface area (Å²) < 4.78 is 0.948. The zero-order valence-corrected chi connectivity index (χ0v) is 14.8. The molecule has 112 valence electrons. The topological polar surface area (TPSA) is 49.8 Å². The summed E-state index contributed by atoms with van der Waals surface area (Å²) in [5.41, 5.74) is 2.95. The molecule has 0 amide bonds. The first-order valence-corrected chi connectivity index (χ1v) is 7.86. The number of aromatic nitrogens is 2. The minimum Gasteiger partial charge on any atom is -0.373 e. The van der Waals surface area contributed by atoms with E-state index in [4.69, 9.17) is 11.6 Å². The van der Waals surface area contributed by atoms with Gasteiger partial charge in [0.25, 0.3) is 0 Å². The number of anilines is 3. The molecular weight excluding hydrogens is 352 g/mol. The average molecular weight is 370 g/mol. The number of halogens is 2. The second-order valence-corrected chi connectivity index (χ2v) is 6.36. The maximum absolute atomic E-state index is 6.21. The van der Waals surface area contributed by atoms with E-state index in [1.165, 1.54) is 0 Å². The lowest BCUT2D eigenvalue weighted by Crippen LogP contribution is -2.07. The highest BCUT2D eigenvalue weighted by atomic mass is 79.9. The largest absolute Gasteiger partial charge is 0.373 e. The van der Waals surface area contributed by atoms with Gasteiger partial charge in [-0.25, -0.2) is 9.97 Å². The number of rotatable bonds is 4. The van der Waals surface area contributed by atoms with E-state index in [1.807, 2.05) is 26.1 Å². The van der Waals surface area contributed by atoms with Crippen LogP contribution in [0.2, 0.25) is 5.02 Å². The monoisotopic (exact) mass is 368 g/mol. The van der Waals surface area contributed by atoms with Gasteiger partial charge in [-0.3, -0.25) is 0 Å². The van der Waals surface area contributed by atoms with Gasteiger partial charge in [0, 0.05) is 22.1 Å². The Hall–Kier alpha value is -1.33. The molecular formula is C15H18BrClN4. The molecule has 1 heterocycles. The van der Waals surface area contributed by atoms with Crippen molar-refractivity contribution in [1.29, 1.82) is 0 Å². The van der Waals surface area contributed by atoms with Crippen molar-refractivity contribution in [1.82, 2.24) is 9.97 Å². The Morgan fingerprint density at radius 2 is 1.86 bits per heavy atom. The molecule has 0 atom stereocenters. The van der Waals surface area contributed by atoms with Crippen molar-refractivity contribution in [3.63, 3.8) is 0 Å². The Kier molecular flexibility index (Phi) is 5.06. The van der Waals surface area contributed by atoms with E-state index in [0.29, 0.717) is 0 Å². The van der Waals surface area contributed by atoms with Gasteiger partial charge in [0.2, 0.25) is 0 Å². The van der Waals surface area contributed by atoms with Crippen LogP contribution in [0.5, 0.6) is 0 Å². The predicted octanol–water partition coefficient (Wildman–Crippen LogP) is 5.11. The van der Waals surface area contributed by atoms with Crippen LogP contribution in [0.25, 0.3) is 0 Å². The van der Waals surface area contributed by atoms with Gasteiger partial charge in [0.1, 0.15) is 18.0 Å². The zero-order chi connectivity index (χ0) is 15.6. The van der Waals surface area contributed by atoms with E-state index in [9.17, 15) is 0 Å². The number of aryl methyl sites for hydroxylation is 1. The van der Waals surface area contributed by atoms with Crippen molar-refractivity contribution in [3.05, 3.63) is 39.1 Å². The van der Waals surface area contributed by atoms with Crippen LogP contribution < -0.4 is 10.6 Å². The van der Waals surface area contributed by atoms with Crippen molar-refractivity contribution in [2.24, 2.45) is 0 Å². The molecule has 0 saturated carbocycles. The molecule has 0 radical (unpaired) electrons. The van der Waals surface area contributed by atoms with E-state index < -0.39 is 0 Å². The Morgan fingerprint density at radius 3 is 2.48 bits per heavy atom. The van der Waals surface area contributed by atoms with Gasteiger partial charge in [-0.05, 0) is 46.5 Å². The highest BCUT2D eigenvalue weighted by molar-refractivity contribution is 9.10. The van der Waals surface area contributed by atoms with Crippen LogP contribution in [0.4, 0.5) is 17.3 Å². The standard InChI is InChI=1S/C15H18BrClN4/c1-8(2)13-14(18-4)19-7-20-15(13)21-12-6-11(17)9(3)5-10(12)16/h5-8H,1-4H3,(H2,18,19,20,21). The third-order valence-electron chi connectivity index (χ3n) is 3.20. The van der Waals surface area contributed by atoms with Gasteiger partial charge in [-0.15, -0.1) is 0 Å². The van der Waals surface area contributed by atoms with Crippen LogP contribution in [0.15, 0.2) is 22.9 Å². The quantitative estimate of drug-likeness (QED) is 0.786. The normalized spacial score (nSPS) is 10.8. The summed E-state index contributed by atoms with van der Waals surface area (Å²) in [7, 11) is 1.86. The number of hydrogen-bond acceptors (Lipinski definition) is 4. The summed E-state index contributed by atoms with van der Waals surface area (Å²) in [6, 6.07) is 3.88. The van der Waals surface area contributed by atoms with Gasteiger partial charge in [-0.1, -0.05) is 25.4 Å². The molecule has 0 unspecified atom stereocenters.